The molecule has 0 aliphatic rings. The smallest absolute Gasteiger partial charge is 0.269 e. The summed E-state index contributed by atoms with van der Waals surface area (Å²) in [6, 6.07) is 0. The van der Waals surface area contributed by atoms with Crippen LogP contribution in [0.15, 0.2) is 0 Å². The van der Waals surface area contributed by atoms with Crippen molar-refractivity contribution in [2.45, 2.75) is 0 Å². The molecule has 0 unspecified atom stereocenters. The van der Waals surface area contributed by atoms with Gasteiger partial charge in [0.2, 0.25) is 0 Å². The molecule has 0 aliphatic carbocycles. The van der Waals surface area contributed by atoms with E-state index in [0.29, 0.717) is 0 Å². The fourth-order valence-electron chi connectivity index (χ4n) is 0. The lowest BCUT2D eigenvalue weighted by atomic mass is 18.9. The van der Waals surface area contributed by atoms with Crippen molar-refractivity contribution in [3.8, 4) is 0 Å². The van der Waals surface area contributed by atoms with Gasteiger partial charge in [0.25, 0.3) is 0 Å². The van der Waals surface area contributed by atoms with E-state index < -0.39 is 4.27 Å². The van der Waals surface area contributed by atoms with Gasteiger partial charge in [0, 0.05) is 0 Å². The summed E-state index contributed by atoms with van der Waals surface area (Å²) in [5.74, 6) is 0. The summed E-state index contributed by atoms with van der Waals surface area (Å²) in [5.41, 5.74) is 0. The Morgan fingerprint density at radius 3 is 1.20 bits per heavy atom. The Bertz CT molecular complexity index is 22.4. The van der Waals surface area contributed by atoms with Gasteiger partial charge in [-0.1, -0.05) is 45.9 Å². The predicted molar refractivity (Wildman–Crippen MR) is 33.6 cm³/mol. The number of halogens is 4. The van der Waals surface area contributed by atoms with Crippen LogP contribution in [0.1, 0.15) is 0 Å². The van der Waals surface area contributed by atoms with E-state index in [1.54, 1.807) is 0 Å². The molecular formula is Br3FSi. The lowest BCUT2D eigenvalue weighted by Gasteiger charge is -1.85. The minimum atomic E-state index is -2.67. The van der Waals surface area contributed by atoms with Crippen LogP contribution in [0.3, 0.4) is 0 Å². The molecule has 5 heteroatoms. The van der Waals surface area contributed by atoms with Gasteiger partial charge in [-0.15, -0.1) is 0 Å². The third-order valence-corrected chi connectivity index (χ3v) is 0. The minimum absolute atomic E-state index is 2.67. The fraction of sp³-hybridized carbons (Fsp3) is 0. The molecule has 0 atom stereocenters. The average Bonchev–Trinajstić information content (AvgIpc) is 0.722. The van der Waals surface area contributed by atoms with E-state index in [4.69, 9.17) is 0 Å². The molecule has 0 amide bonds. The Morgan fingerprint density at radius 1 is 1.20 bits per heavy atom. The molecule has 0 aromatic carbocycles. The van der Waals surface area contributed by atoms with E-state index in [-0.39, 0.29) is 0 Å². The largest absolute Gasteiger partial charge is 0.451 e. The monoisotopic (exact) mass is 284 g/mol. The number of hydrogen-bond donors (Lipinski definition) is 0. The van der Waals surface area contributed by atoms with Crippen molar-refractivity contribution in [2.75, 3.05) is 0 Å². The Balaban J connectivity index is 3.02. The van der Waals surface area contributed by atoms with E-state index in [2.05, 4.69) is 45.9 Å². The molecule has 0 aromatic rings. The summed E-state index contributed by atoms with van der Waals surface area (Å²) in [5, 5.41) is 0. The zero-order valence-corrected chi connectivity index (χ0v) is 7.77. The molecule has 0 saturated heterocycles. The van der Waals surface area contributed by atoms with Crippen molar-refractivity contribution in [3.63, 3.8) is 0 Å². The highest BCUT2D eigenvalue weighted by atomic mass is 80.0. The summed E-state index contributed by atoms with van der Waals surface area (Å²) in [6.45, 7) is 0. The Kier molecular flexibility index (Phi) is 2.69. The first-order valence-electron chi connectivity index (χ1n) is 0.756. The lowest BCUT2D eigenvalue weighted by molar-refractivity contribution is 0.886. The van der Waals surface area contributed by atoms with Crippen molar-refractivity contribution in [2.24, 2.45) is 0 Å². The van der Waals surface area contributed by atoms with Crippen molar-refractivity contribution in [3.05, 3.63) is 0 Å². The molecule has 0 bridgehead atoms. The molecule has 32 valence electrons. The van der Waals surface area contributed by atoms with Gasteiger partial charge in [0.15, 0.2) is 0 Å². The van der Waals surface area contributed by atoms with Gasteiger partial charge in [0.05, 0.1) is 0 Å². The van der Waals surface area contributed by atoms with Crippen LogP contribution in [-0.2, 0) is 0 Å². The van der Waals surface area contributed by atoms with Crippen molar-refractivity contribution in [1.82, 2.24) is 0 Å². The summed E-state index contributed by atoms with van der Waals surface area (Å²) in [6.07, 6.45) is 0. The summed E-state index contributed by atoms with van der Waals surface area (Å²) in [4.78, 5) is 0. The molecule has 0 nitrogen and oxygen atoms in total. The second kappa shape index (κ2) is 2.04. The first-order chi connectivity index (χ1) is 2.00. The standard InChI is InChI=1S/Br3FSi/c1-5(2,3)4. The average molecular weight is 287 g/mol. The first kappa shape index (κ1) is 6.59. The van der Waals surface area contributed by atoms with Gasteiger partial charge >= 0.3 is 4.27 Å². The van der Waals surface area contributed by atoms with Crippen molar-refractivity contribution in [1.29, 1.82) is 0 Å². The normalized spacial score (nSPS) is 12.0. The van der Waals surface area contributed by atoms with Crippen molar-refractivity contribution < 1.29 is 4.11 Å². The summed E-state index contributed by atoms with van der Waals surface area (Å²) >= 11 is 8.04. The Labute approximate surface area is 54.0 Å². The fourth-order valence-corrected chi connectivity index (χ4v) is 0. The Hall–Kier alpha value is 1.59. The maximum atomic E-state index is 11.6. The summed E-state index contributed by atoms with van der Waals surface area (Å²) < 4.78 is 8.90. The molecule has 0 heterocycles. The lowest BCUT2D eigenvalue weighted by Crippen LogP contribution is -1.90. The molecule has 0 radical (unpaired) electrons. The van der Waals surface area contributed by atoms with Gasteiger partial charge in [-0.2, -0.15) is 0 Å². The van der Waals surface area contributed by atoms with Crippen LogP contribution in [0.25, 0.3) is 0 Å². The zero-order valence-electron chi connectivity index (χ0n) is 2.01. The highest BCUT2D eigenvalue weighted by molar-refractivity contribution is 9.71. The van der Waals surface area contributed by atoms with E-state index >= 15 is 0 Å². The SMILES string of the molecule is F[Si](Br)(Br)Br. The molecule has 0 saturated carbocycles. The molecule has 0 aliphatic heterocycles. The second-order valence-electron chi connectivity index (χ2n) is 0.429. The van der Waals surface area contributed by atoms with E-state index in [1.165, 1.54) is 0 Å². The third kappa shape index (κ3) is 28.5. The van der Waals surface area contributed by atoms with Crippen LogP contribution in [0.4, 0.5) is 4.11 Å². The highest BCUT2D eigenvalue weighted by Crippen LogP contribution is 2.27. The van der Waals surface area contributed by atoms with E-state index in [0.717, 1.165) is 0 Å². The topological polar surface area (TPSA) is 0 Å². The molecule has 0 fully saturated rings. The van der Waals surface area contributed by atoms with Crippen LogP contribution >= 0.6 is 45.9 Å². The zero-order chi connectivity index (χ0) is 4.50. The quantitative estimate of drug-likeness (QED) is 0.474. The van der Waals surface area contributed by atoms with Crippen LogP contribution in [-0.4, -0.2) is 4.27 Å². The summed E-state index contributed by atoms with van der Waals surface area (Å²) in [7, 11) is 0. The highest BCUT2D eigenvalue weighted by Gasteiger charge is 2.19. The molecular weight excluding hydrogens is 287 g/mol. The van der Waals surface area contributed by atoms with E-state index in [1.807, 2.05) is 0 Å². The van der Waals surface area contributed by atoms with Gasteiger partial charge in [0.1, 0.15) is 0 Å². The minimum Gasteiger partial charge on any atom is -0.269 e. The van der Waals surface area contributed by atoms with Gasteiger partial charge < -0.3 is 0 Å². The van der Waals surface area contributed by atoms with Crippen LogP contribution in [0.5, 0.6) is 0 Å². The number of rotatable bonds is 0. The van der Waals surface area contributed by atoms with Crippen LogP contribution in [0, 0.1) is 0 Å². The molecule has 0 aromatic heterocycles. The Morgan fingerprint density at radius 2 is 1.20 bits per heavy atom. The second-order valence-corrected chi connectivity index (χ2v) is 20.7. The predicted octanol–water partition coefficient (Wildman–Crippen LogP) is 2.58. The van der Waals surface area contributed by atoms with E-state index in [9.17, 15) is 4.11 Å². The number of hydrogen-bond acceptors (Lipinski definition) is 0. The van der Waals surface area contributed by atoms with Gasteiger partial charge in [-0.25, -0.2) is 0 Å². The molecule has 5 heavy (non-hydrogen) atoms. The maximum Gasteiger partial charge on any atom is 0.451 e. The molecule has 0 N–H and O–H groups in total. The third-order valence-electron chi connectivity index (χ3n) is 0. The van der Waals surface area contributed by atoms with Gasteiger partial charge in [-0.05, 0) is 0 Å². The first-order valence-corrected chi connectivity index (χ1v) is 9.40. The van der Waals surface area contributed by atoms with Crippen molar-refractivity contribution >= 4 is 50.1 Å². The van der Waals surface area contributed by atoms with Gasteiger partial charge in [-0.3, -0.25) is 4.11 Å². The molecule has 0 rings (SSSR count). The molecule has 0 spiro atoms. The van der Waals surface area contributed by atoms with Crippen LogP contribution < -0.4 is 0 Å². The maximum absolute atomic E-state index is 11.6. The van der Waals surface area contributed by atoms with Crippen LogP contribution in [0.2, 0.25) is 0 Å².